The average molecular weight is 384 g/mol. The quantitative estimate of drug-likeness (QED) is 0.688. The number of carbonyl (C=O) groups is 2. The summed E-state index contributed by atoms with van der Waals surface area (Å²) in [5, 5.41) is 14.5. The molecule has 0 radical (unpaired) electrons. The maximum atomic E-state index is 14.4. The third-order valence-corrected chi connectivity index (χ3v) is 4.81. The van der Waals surface area contributed by atoms with Gasteiger partial charge in [0.25, 0.3) is 11.8 Å². The molecule has 144 valence electrons. The first-order valence-electron chi connectivity index (χ1n) is 8.61. The molecule has 0 saturated carbocycles. The zero-order valence-electron chi connectivity index (χ0n) is 15.0. The number of rotatable bonds is 1. The lowest BCUT2D eigenvalue weighted by Crippen LogP contribution is -2.37. The Bertz CT molecular complexity index is 1050. The van der Waals surface area contributed by atoms with Gasteiger partial charge in [-0.25, -0.2) is 9.07 Å². The summed E-state index contributed by atoms with van der Waals surface area (Å²) in [6.45, 7) is 0.189. The molecule has 2 aliphatic heterocycles. The number of halogens is 1. The van der Waals surface area contributed by atoms with E-state index in [1.54, 1.807) is 25.2 Å². The number of likely N-dealkylation sites (N-methyl/N-ethyl adjacent to an activating group) is 1. The molecule has 3 N–H and O–H groups in total. The Morgan fingerprint density at radius 1 is 1.46 bits per heavy atom. The molecule has 4 rings (SSSR count). The summed E-state index contributed by atoms with van der Waals surface area (Å²) in [6, 6.07) is 6.11. The Labute approximate surface area is 159 Å². The van der Waals surface area contributed by atoms with Crippen LogP contribution in [0.15, 0.2) is 24.3 Å². The number of ether oxygens (including phenoxy) is 1. The van der Waals surface area contributed by atoms with Gasteiger partial charge in [-0.3, -0.25) is 9.59 Å². The summed E-state index contributed by atoms with van der Waals surface area (Å²) in [6.07, 6.45) is -1.27. The molecule has 2 amide bonds. The van der Waals surface area contributed by atoms with E-state index < -0.39 is 23.6 Å². The van der Waals surface area contributed by atoms with Crippen molar-refractivity contribution in [1.82, 2.24) is 14.7 Å². The van der Waals surface area contributed by atoms with Crippen LogP contribution in [0.1, 0.15) is 34.3 Å². The summed E-state index contributed by atoms with van der Waals surface area (Å²) in [5.74, 6) is 4.57. The van der Waals surface area contributed by atoms with Crippen LogP contribution in [0.25, 0.3) is 5.69 Å². The van der Waals surface area contributed by atoms with Crippen LogP contribution >= 0.6 is 0 Å². The highest BCUT2D eigenvalue weighted by Gasteiger charge is 2.42. The number of hydrogen-bond acceptors (Lipinski definition) is 5. The first-order valence-corrected chi connectivity index (χ1v) is 8.61. The molecule has 1 aromatic carbocycles. The Hall–Kier alpha value is -3.38. The fourth-order valence-electron chi connectivity index (χ4n) is 3.21. The second-order valence-electron chi connectivity index (χ2n) is 6.78. The van der Waals surface area contributed by atoms with Crippen molar-refractivity contribution in [2.45, 2.75) is 18.2 Å². The number of nitrogens with two attached hydrogens (primary N) is 1. The van der Waals surface area contributed by atoms with Crippen molar-refractivity contribution >= 4 is 11.8 Å². The number of aliphatic hydroxyl groups is 1. The molecule has 0 spiro atoms. The molecule has 1 aromatic heterocycles. The van der Waals surface area contributed by atoms with Crippen LogP contribution < -0.4 is 10.5 Å². The molecule has 0 aliphatic carbocycles. The number of aromatic nitrogens is 2. The van der Waals surface area contributed by atoms with Gasteiger partial charge in [-0.05, 0) is 24.3 Å². The van der Waals surface area contributed by atoms with Crippen LogP contribution in [0.2, 0.25) is 0 Å². The van der Waals surface area contributed by atoms with Crippen molar-refractivity contribution in [3.63, 3.8) is 0 Å². The van der Waals surface area contributed by atoms with E-state index in [-0.39, 0.29) is 24.4 Å². The molecule has 0 bridgehead atoms. The van der Waals surface area contributed by atoms with Gasteiger partial charge < -0.3 is 20.5 Å². The van der Waals surface area contributed by atoms with Crippen molar-refractivity contribution in [2.24, 2.45) is 5.73 Å². The van der Waals surface area contributed by atoms with Crippen LogP contribution in [0.4, 0.5) is 4.39 Å². The molecule has 1 fully saturated rings. The lowest BCUT2D eigenvalue weighted by atomic mass is 10.0. The molecule has 2 aliphatic rings. The van der Waals surface area contributed by atoms with Gasteiger partial charge in [-0.15, -0.1) is 0 Å². The smallest absolute Gasteiger partial charge is 0.269 e. The first-order chi connectivity index (χ1) is 13.3. The minimum atomic E-state index is -1.72. The molecular formula is C19H17FN4O4. The van der Waals surface area contributed by atoms with E-state index in [1.807, 2.05) is 0 Å². The van der Waals surface area contributed by atoms with Crippen molar-refractivity contribution in [3.8, 4) is 23.3 Å². The van der Waals surface area contributed by atoms with Crippen molar-refractivity contribution in [2.75, 3.05) is 20.2 Å². The monoisotopic (exact) mass is 384 g/mol. The summed E-state index contributed by atoms with van der Waals surface area (Å²) in [5.41, 5.74) is 4.48. The minimum Gasteiger partial charge on any atom is -0.488 e. The van der Waals surface area contributed by atoms with Crippen molar-refractivity contribution in [1.29, 1.82) is 0 Å². The normalized spacial score (nSPS) is 23.2. The molecule has 8 nitrogen and oxygen atoms in total. The zero-order chi connectivity index (χ0) is 20.1. The number of likely N-dealkylation sites (tertiary alicyclic amines) is 1. The molecule has 2 aromatic rings. The van der Waals surface area contributed by atoms with Gasteiger partial charge in [-0.2, -0.15) is 5.10 Å². The number of amides is 2. The van der Waals surface area contributed by atoms with Crippen molar-refractivity contribution in [3.05, 3.63) is 41.2 Å². The largest absolute Gasteiger partial charge is 0.488 e. The SMILES string of the molecule is CN1CC[C@@](O)(C#Cc2ccc3c(c2)-n2nc(C(N)=O)cc2C(F)CO3)C1=O. The maximum Gasteiger partial charge on any atom is 0.269 e. The van der Waals surface area contributed by atoms with Gasteiger partial charge >= 0.3 is 0 Å². The first kappa shape index (κ1) is 18.0. The van der Waals surface area contributed by atoms with Crippen LogP contribution in [-0.4, -0.2) is 57.4 Å². The van der Waals surface area contributed by atoms with E-state index in [0.29, 0.717) is 23.5 Å². The van der Waals surface area contributed by atoms with Gasteiger partial charge in [0.15, 0.2) is 11.9 Å². The molecule has 2 atom stereocenters. The maximum absolute atomic E-state index is 14.4. The van der Waals surface area contributed by atoms with Crippen molar-refractivity contribution < 1.29 is 23.8 Å². The predicted octanol–water partition coefficient (Wildman–Crippen LogP) is 0.319. The van der Waals surface area contributed by atoms with E-state index in [0.717, 1.165) is 0 Å². The lowest BCUT2D eigenvalue weighted by Gasteiger charge is -2.13. The Morgan fingerprint density at radius 3 is 2.93 bits per heavy atom. The second kappa shape index (κ2) is 6.35. The van der Waals surface area contributed by atoms with Gasteiger partial charge in [0.2, 0.25) is 5.60 Å². The Balaban J connectivity index is 1.76. The van der Waals surface area contributed by atoms with Crippen LogP contribution in [0, 0.1) is 11.8 Å². The van der Waals surface area contributed by atoms with Gasteiger partial charge in [0.05, 0.1) is 5.69 Å². The average Bonchev–Trinajstić information content (AvgIpc) is 3.20. The summed E-state index contributed by atoms with van der Waals surface area (Å²) in [7, 11) is 1.60. The summed E-state index contributed by atoms with van der Waals surface area (Å²) in [4.78, 5) is 24.9. The van der Waals surface area contributed by atoms with Gasteiger partial charge in [-0.1, -0.05) is 11.8 Å². The van der Waals surface area contributed by atoms with E-state index in [4.69, 9.17) is 10.5 Å². The highest BCUT2D eigenvalue weighted by molar-refractivity contribution is 5.91. The Kier molecular flexibility index (Phi) is 4.08. The predicted molar refractivity (Wildman–Crippen MR) is 95.5 cm³/mol. The minimum absolute atomic E-state index is 0.0594. The summed E-state index contributed by atoms with van der Waals surface area (Å²) >= 11 is 0. The number of benzene rings is 1. The standard InChI is InChI=1S/C19H17FN4O4/c1-23-7-6-19(27,18(23)26)5-4-11-2-3-16-15(8-11)24-14(12(20)10-28-16)9-13(22-24)17(21)25/h2-3,8-9,12,27H,6-7,10H2,1H3,(H2,21,25)/t12?,19-/m0/s1. The molecule has 28 heavy (non-hydrogen) atoms. The molecule has 1 saturated heterocycles. The second-order valence-corrected chi connectivity index (χ2v) is 6.78. The van der Waals surface area contributed by atoms with Crippen LogP contribution in [-0.2, 0) is 4.79 Å². The van der Waals surface area contributed by atoms with E-state index in [9.17, 15) is 19.1 Å². The number of primary amides is 1. The number of hydrogen-bond donors (Lipinski definition) is 2. The van der Waals surface area contributed by atoms with Gasteiger partial charge in [0, 0.05) is 25.6 Å². The van der Waals surface area contributed by atoms with E-state index in [1.165, 1.54) is 15.6 Å². The number of fused-ring (bicyclic) bond motifs is 3. The number of alkyl halides is 1. The molecule has 9 heteroatoms. The van der Waals surface area contributed by atoms with E-state index >= 15 is 0 Å². The number of carbonyl (C=O) groups excluding carboxylic acids is 2. The molecule has 1 unspecified atom stereocenters. The molecule has 3 heterocycles. The topological polar surface area (TPSA) is 111 Å². The van der Waals surface area contributed by atoms with Crippen LogP contribution in [0.5, 0.6) is 5.75 Å². The fraction of sp³-hybridized carbons (Fsp3) is 0.316. The highest BCUT2D eigenvalue weighted by Crippen LogP contribution is 2.33. The third-order valence-electron chi connectivity index (χ3n) is 4.81. The van der Waals surface area contributed by atoms with E-state index in [2.05, 4.69) is 16.9 Å². The highest BCUT2D eigenvalue weighted by atomic mass is 19.1. The third kappa shape index (κ3) is 2.88. The lowest BCUT2D eigenvalue weighted by molar-refractivity contribution is -0.137. The fourth-order valence-corrected chi connectivity index (χ4v) is 3.21. The van der Waals surface area contributed by atoms with Crippen LogP contribution in [0.3, 0.4) is 0 Å². The zero-order valence-corrected chi connectivity index (χ0v) is 15.0. The van der Waals surface area contributed by atoms with Gasteiger partial charge in [0.1, 0.15) is 18.0 Å². The number of nitrogens with zero attached hydrogens (tertiary/aromatic N) is 3. The molecular weight excluding hydrogens is 367 g/mol. The summed E-state index contributed by atoms with van der Waals surface area (Å²) < 4.78 is 21.2. The Morgan fingerprint density at radius 2 is 2.25 bits per heavy atom.